The van der Waals surface area contributed by atoms with E-state index in [1.165, 1.54) is 6.42 Å². The third-order valence-electron chi connectivity index (χ3n) is 4.16. The van der Waals surface area contributed by atoms with Gasteiger partial charge in [0.2, 0.25) is 0 Å². The number of nitrogens with one attached hydrogen (secondary N) is 1. The van der Waals surface area contributed by atoms with Gasteiger partial charge in [-0.3, -0.25) is 9.69 Å². The highest BCUT2D eigenvalue weighted by Gasteiger charge is 2.13. The Labute approximate surface area is 146 Å². The van der Waals surface area contributed by atoms with Crippen LogP contribution in [-0.2, 0) is 4.79 Å². The Bertz CT molecular complexity index is 769. The monoisotopic (exact) mass is 344 g/mol. The van der Waals surface area contributed by atoms with E-state index >= 15 is 0 Å². The fraction of sp³-hybridized carbons (Fsp3) is 0.389. The highest BCUT2D eigenvalue weighted by molar-refractivity contribution is 6.32. The number of likely N-dealkylation sites (tertiary alicyclic amines) is 1. The number of halogens is 1. The summed E-state index contributed by atoms with van der Waals surface area (Å²) < 4.78 is 0. The minimum Gasteiger partial charge on any atom is -0.294 e. The summed E-state index contributed by atoms with van der Waals surface area (Å²) in [7, 11) is 0. The minimum absolute atomic E-state index is 0.103. The SMILES string of the molecule is Cc1ccc2nc(Cl)c(/C=N\NC(=O)CN3CCCCC3)cc2c1. The Morgan fingerprint density at radius 3 is 2.92 bits per heavy atom. The average Bonchev–Trinajstić information content (AvgIpc) is 2.56. The summed E-state index contributed by atoms with van der Waals surface area (Å²) >= 11 is 6.19. The summed E-state index contributed by atoms with van der Waals surface area (Å²) in [5, 5.41) is 5.40. The molecule has 1 N–H and O–H groups in total. The zero-order valence-electron chi connectivity index (χ0n) is 13.8. The Morgan fingerprint density at radius 1 is 1.33 bits per heavy atom. The number of piperidine rings is 1. The fourth-order valence-electron chi connectivity index (χ4n) is 2.91. The van der Waals surface area contributed by atoms with Crippen molar-refractivity contribution in [3.05, 3.63) is 40.5 Å². The molecule has 0 saturated carbocycles. The van der Waals surface area contributed by atoms with Crippen molar-refractivity contribution >= 4 is 34.6 Å². The van der Waals surface area contributed by atoms with Crippen molar-refractivity contribution < 1.29 is 4.79 Å². The maximum absolute atomic E-state index is 11.9. The number of aryl methyl sites for hydroxylation is 1. The number of fused-ring (bicyclic) bond motifs is 1. The molecule has 0 bridgehead atoms. The molecule has 0 atom stereocenters. The van der Waals surface area contributed by atoms with E-state index in [0.717, 1.165) is 42.4 Å². The molecule has 3 rings (SSSR count). The van der Waals surface area contributed by atoms with Crippen molar-refractivity contribution in [3.63, 3.8) is 0 Å². The number of rotatable bonds is 4. The van der Waals surface area contributed by atoms with E-state index in [1.807, 2.05) is 31.2 Å². The molecule has 2 heterocycles. The van der Waals surface area contributed by atoms with Crippen molar-refractivity contribution in [1.82, 2.24) is 15.3 Å². The molecular formula is C18H21ClN4O. The second-order valence-corrected chi connectivity index (χ2v) is 6.55. The number of pyridine rings is 1. The molecule has 1 aliphatic heterocycles. The average molecular weight is 345 g/mol. The van der Waals surface area contributed by atoms with Crippen LogP contribution in [0.15, 0.2) is 29.4 Å². The number of carbonyl (C=O) groups excluding carboxylic acids is 1. The van der Waals surface area contributed by atoms with E-state index in [0.29, 0.717) is 17.3 Å². The first-order valence-corrected chi connectivity index (χ1v) is 8.61. The van der Waals surface area contributed by atoms with Crippen LogP contribution in [0.1, 0.15) is 30.4 Å². The van der Waals surface area contributed by atoms with Gasteiger partial charge in [0, 0.05) is 10.9 Å². The molecule has 1 fully saturated rings. The van der Waals surface area contributed by atoms with Crippen LogP contribution < -0.4 is 5.43 Å². The molecule has 1 saturated heterocycles. The van der Waals surface area contributed by atoms with Gasteiger partial charge in [0.05, 0.1) is 18.3 Å². The van der Waals surface area contributed by atoms with E-state index in [-0.39, 0.29) is 5.91 Å². The summed E-state index contributed by atoms with van der Waals surface area (Å²) in [5.74, 6) is -0.103. The lowest BCUT2D eigenvalue weighted by Gasteiger charge is -2.25. The van der Waals surface area contributed by atoms with Gasteiger partial charge in [-0.2, -0.15) is 5.10 Å². The number of hydrogen-bond acceptors (Lipinski definition) is 4. The smallest absolute Gasteiger partial charge is 0.254 e. The van der Waals surface area contributed by atoms with E-state index in [9.17, 15) is 4.79 Å². The predicted molar refractivity (Wildman–Crippen MR) is 97.5 cm³/mol. The van der Waals surface area contributed by atoms with Crippen molar-refractivity contribution in [2.45, 2.75) is 26.2 Å². The molecule has 1 amide bonds. The van der Waals surface area contributed by atoms with Gasteiger partial charge in [-0.05, 0) is 51.1 Å². The molecular weight excluding hydrogens is 324 g/mol. The van der Waals surface area contributed by atoms with Crippen molar-refractivity contribution in [1.29, 1.82) is 0 Å². The number of carbonyl (C=O) groups is 1. The van der Waals surface area contributed by atoms with Gasteiger partial charge in [-0.1, -0.05) is 29.7 Å². The highest BCUT2D eigenvalue weighted by atomic mass is 35.5. The molecule has 0 aliphatic carbocycles. The van der Waals surface area contributed by atoms with Gasteiger partial charge in [0.25, 0.3) is 5.91 Å². The Balaban J connectivity index is 1.64. The molecule has 6 heteroatoms. The third kappa shape index (κ3) is 4.30. The van der Waals surface area contributed by atoms with Crippen molar-refractivity contribution in [2.24, 2.45) is 5.10 Å². The number of nitrogens with zero attached hydrogens (tertiary/aromatic N) is 3. The van der Waals surface area contributed by atoms with Gasteiger partial charge < -0.3 is 0 Å². The van der Waals surface area contributed by atoms with Crippen LogP contribution in [0, 0.1) is 6.92 Å². The standard InChI is InChI=1S/C18H21ClN4O/c1-13-5-6-16-14(9-13)10-15(18(19)21-16)11-20-22-17(24)12-23-7-3-2-4-8-23/h5-6,9-11H,2-4,7-8,12H2,1H3,(H,22,24)/b20-11-. The predicted octanol–water partition coefficient (Wildman–Crippen LogP) is 3.13. The van der Waals surface area contributed by atoms with Crippen LogP contribution in [0.5, 0.6) is 0 Å². The Morgan fingerprint density at radius 2 is 2.12 bits per heavy atom. The first kappa shape index (κ1) is 16.9. The number of hydrazone groups is 1. The van der Waals surface area contributed by atoms with E-state index < -0.39 is 0 Å². The second-order valence-electron chi connectivity index (χ2n) is 6.19. The van der Waals surface area contributed by atoms with Gasteiger partial charge in [0.15, 0.2) is 0 Å². The zero-order chi connectivity index (χ0) is 16.9. The van der Waals surface area contributed by atoms with Crippen LogP contribution in [0.3, 0.4) is 0 Å². The van der Waals surface area contributed by atoms with Crippen LogP contribution in [0.2, 0.25) is 5.15 Å². The first-order chi connectivity index (χ1) is 11.6. The quantitative estimate of drug-likeness (QED) is 0.526. The fourth-order valence-corrected chi connectivity index (χ4v) is 3.10. The molecule has 2 aromatic rings. The van der Waals surface area contributed by atoms with Gasteiger partial charge in [-0.15, -0.1) is 0 Å². The summed E-state index contributed by atoms with van der Waals surface area (Å²) in [6, 6.07) is 7.92. The zero-order valence-corrected chi connectivity index (χ0v) is 14.5. The Kier molecular flexibility index (Phi) is 5.43. The lowest BCUT2D eigenvalue weighted by molar-refractivity contribution is -0.122. The molecule has 0 unspecified atom stereocenters. The van der Waals surface area contributed by atoms with Crippen LogP contribution >= 0.6 is 11.6 Å². The molecule has 1 aromatic heterocycles. The third-order valence-corrected chi connectivity index (χ3v) is 4.46. The lowest BCUT2D eigenvalue weighted by atomic mass is 10.1. The Hall–Kier alpha value is -1.98. The molecule has 126 valence electrons. The summed E-state index contributed by atoms with van der Waals surface area (Å²) in [6.45, 7) is 4.39. The summed E-state index contributed by atoms with van der Waals surface area (Å²) in [5.41, 5.74) is 5.26. The minimum atomic E-state index is -0.103. The number of hydrogen-bond donors (Lipinski definition) is 1. The van der Waals surface area contributed by atoms with E-state index in [1.54, 1.807) is 6.21 Å². The molecule has 0 spiro atoms. The van der Waals surface area contributed by atoms with Gasteiger partial charge in [-0.25, -0.2) is 10.4 Å². The van der Waals surface area contributed by atoms with Gasteiger partial charge >= 0.3 is 0 Å². The lowest BCUT2D eigenvalue weighted by Crippen LogP contribution is -2.38. The molecule has 1 aliphatic rings. The van der Waals surface area contributed by atoms with E-state index in [4.69, 9.17) is 11.6 Å². The molecule has 24 heavy (non-hydrogen) atoms. The number of aromatic nitrogens is 1. The maximum Gasteiger partial charge on any atom is 0.254 e. The molecule has 0 radical (unpaired) electrons. The van der Waals surface area contributed by atoms with Crippen LogP contribution in [-0.4, -0.2) is 41.6 Å². The van der Waals surface area contributed by atoms with Crippen molar-refractivity contribution in [3.8, 4) is 0 Å². The normalized spacial score (nSPS) is 15.9. The number of benzene rings is 1. The molecule has 1 aromatic carbocycles. The first-order valence-electron chi connectivity index (χ1n) is 8.23. The highest BCUT2D eigenvalue weighted by Crippen LogP contribution is 2.20. The largest absolute Gasteiger partial charge is 0.294 e. The maximum atomic E-state index is 11.9. The van der Waals surface area contributed by atoms with E-state index in [2.05, 4.69) is 20.4 Å². The van der Waals surface area contributed by atoms with Gasteiger partial charge in [0.1, 0.15) is 5.15 Å². The summed E-state index contributed by atoms with van der Waals surface area (Å²) in [4.78, 5) is 18.4. The van der Waals surface area contributed by atoms with Crippen molar-refractivity contribution in [2.75, 3.05) is 19.6 Å². The van der Waals surface area contributed by atoms with Crippen LogP contribution in [0.4, 0.5) is 0 Å². The molecule has 5 nitrogen and oxygen atoms in total. The second kappa shape index (κ2) is 7.73. The summed E-state index contributed by atoms with van der Waals surface area (Å²) in [6.07, 6.45) is 5.12. The van der Waals surface area contributed by atoms with Crippen LogP contribution in [0.25, 0.3) is 10.9 Å². The topological polar surface area (TPSA) is 57.6 Å². The number of amides is 1.